The third kappa shape index (κ3) is 5.88. The van der Waals surface area contributed by atoms with Crippen molar-refractivity contribution in [3.63, 3.8) is 0 Å². The van der Waals surface area contributed by atoms with Crippen molar-refractivity contribution in [1.29, 1.82) is 0 Å². The molecule has 146 valence electrons. The summed E-state index contributed by atoms with van der Waals surface area (Å²) in [5.74, 6) is 1.89. The third-order valence-corrected chi connectivity index (χ3v) is 4.84. The van der Waals surface area contributed by atoms with E-state index < -0.39 is 0 Å². The van der Waals surface area contributed by atoms with Crippen molar-refractivity contribution >= 4 is 0 Å². The molecule has 0 heterocycles. The number of ether oxygens (including phenoxy) is 2. The van der Waals surface area contributed by atoms with Crippen molar-refractivity contribution in [2.24, 2.45) is 0 Å². The largest absolute Gasteiger partial charge is 0.494 e. The Balaban J connectivity index is 1.54. The molecule has 0 atom stereocenters. The first-order valence-electron chi connectivity index (χ1n) is 10.3. The van der Waals surface area contributed by atoms with Gasteiger partial charge in [-0.05, 0) is 72.7 Å². The normalized spacial score (nSPS) is 10.6. The Hall–Kier alpha value is -2.74. The van der Waals surface area contributed by atoms with Gasteiger partial charge in [0, 0.05) is 0 Å². The fourth-order valence-corrected chi connectivity index (χ4v) is 3.15. The molecule has 0 aromatic heterocycles. The monoisotopic (exact) mass is 374 g/mol. The summed E-state index contributed by atoms with van der Waals surface area (Å²) in [4.78, 5) is 0. The topological polar surface area (TPSA) is 18.5 Å². The lowest BCUT2D eigenvalue weighted by Crippen LogP contribution is -1.96. The molecule has 0 aliphatic rings. The van der Waals surface area contributed by atoms with Crippen molar-refractivity contribution < 1.29 is 9.47 Å². The number of hydrogen-bond acceptors (Lipinski definition) is 2. The van der Waals surface area contributed by atoms with Crippen LogP contribution >= 0.6 is 0 Å². The zero-order valence-electron chi connectivity index (χ0n) is 17.0. The number of rotatable bonds is 10. The minimum absolute atomic E-state index is 0.709. The van der Waals surface area contributed by atoms with E-state index in [0.717, 1.165) is 43.8 Å². The van der Waals surface area contributed by atoms with Gasteiger partial charge in [-0.2, -0.15) is 0 Å². The summed E-state index contributed by atoms with van der Waals surface area (Å²) in [6.45, 7) is 5.68. The Morgan fingerprint density at radius 1 is 0.571 bits per heavy atom. The predicted molar refractivity (Wildman–Crippen MR) is 117 cm³/mol. The summed E-state index contributed by atoms with van der Waals surface area (Å²) >= 11 is 0. The highest BCUT2D eigenvalue weighted by atomic mass is 16.5. The lowest BCUT2D eigenvalue weighted by Gasteiger charge is -2.08. The van der Waals surface area contributed by atoms with Crippen LogP contribution in [-0.4, -0.2) is 13.2 Å². The molecule has 0 bridgehead atoms. The SMILES string of the molecule is CCCCOc1ccc(-c2ccc(CCc3ccc(OCC)cc3)cc2)cc1. The van der Waals surface area contributed by atoms with E-state index in [2.05, 4.69) is 79.7 Å². The second-order valence-electron chi connectivity index (χ2n) is 7.00. The third-order valence-electron chi connectivity index (χ3n) is 4.84. The highest BCUT2D eigenvalue weighted by Crippen LogP contribution is 2.23. The van der Waals surface area contributed by atoms with E-state index in [1.165, 1.54) is 22.3 Å². The van der Waals surface area contributed by atoms with Gasteiger partial charge in [-0.15, -0.1) is 0 Å². The van der Waals surface area contributed by atoms with Crippen LogP contribution in [0.1, 0.15) is 37.8 Å². The summed E-state index contributed by atoms with van der Waals surface area (Å²) < 4.78 is 11.2. The maximum absolute atomic E-state index is 5.74. The number of benzene rings is 3. The first-order chi connectivity index (χ1) is 13.8. The van der Waals surface area contributed by atoms with Crippen LogP contribution in [-0.2, 0) is 12.8 Å². The molecule has 0 N–H and O–H groups in total. The van der Waals surface area contributed by atoms with Gasteiger partial charge in [0.1, 0.15) is 11.5 Å². The quantitative estimate of drug-likeness (QED) is 0.367. The van der Waals surface area contributed by atoms with Crippen LogP contribution < -0.4 is 9.47 Å². The second kappa shape index (κ2) is 10.6. The molecule has 28 heavy (non-hydrogen) atoms. The van der Waals surface area contributed by atoms with E-state index in [0.29, 0.717) is 6.61 Å². The van der Waals surface area contributed by atoms with Gasteiger partial charge in [-0.25, -0.2) is 0 Å². The molecule has 0 saturated heterocycles. The van der Waals surface area contributed by atoms with Gasteiger partial charge < -0.3 is 9.47 Å². The first kappa shape index (κ1) is 20.0. The van der Waals surface area contributed by atoms with Crippen LogP contribution in [0.2, 0.25) is 0 Å². The van der Waals surface area contributed by atoms with Crippen molar-refractivity contribution in [3.8, 4) is 22.6 Å². The van der Waals surface area contributed by atoms with E-state index in [-0.39, 0.29) is 0 Å². The number of unbranched alkanes of at least 4 members (excludes halogenated alkanes) is 1. The van der Waals surface area contributed by atoms with Crippen LogP contribution in [0.4, 0.5) is 0 Å². The molecule has 0 unspecified atom stereocenters. The van der Waals surface area contributed by atoms with Crippen LogP contribution in [0.25, 0.3) is 11.1 Å². The first-order valence-corrected chi connectivity index (χ1v) is 10.3. The highest BCUT2D eigenvalue weighted by Gasteiger charge is 2.01. The van der Waals surface area contributed by atoms with Gasteiger partial charge in [0.15, 0.2) is 0 Å². The minimum Gasteiger partial charge on any atom is -0.494 e. The van der Waals surface area contributed by atoms with Gasteiger partial charge in [0.2, 0.25) is 0 Å². The molecule has 0 spiro atoms. The van der Waals surface area contributed by atoms with E-state index >= 15 is 0 Å². The van der Waals surface area contributed by atoms with Gasteiger partial charge in [-0.3, -0.25) is 0 Å². The van der Waals surface area contributed by atoms with Crippen LogP contribution in [0.15, 0.2) is 72.8 Å². The molecule has 3 aromatic rings. The summed E-state index contributed by atoms with van der Waals surface area (Å²) in [6.07, 6.45) is 4.33. The van der Waals surface area contributed by atoms with E-state index in [9.17, 15) is 0 Å². The van der Waals surface area contributed by atoms with Crippen molar-refractivity contribution in [2.75, 3.05) is 13.2 Å². The molecule has 2 nitrogen and oxygen atoms in total. The Labute approximate surface area is 169 Å². The van der Waals surface area contributed by atoms with E-state index in [4.69, 9.17) is 9.47 Å². The molecular formula is C26H30O2. The number of hydrogen-bond donors (Lipinski definition) is 0. The average Bonchev–Trinajstić information content (AvgIpc) is 2.75. The van der Waals surface area contributed by atoms with Gasteiger partial charge in [0.05, 0.1) is 13.2 Å². The van der Waals surface area contributed by atoms with Crippen LogP contribution in [0.3, 0.4) is 0 Å². The lowest BCUT2D eigenvalue weighted by atomic mass is 10.0. The molecule has 0 saturated carbocycles. The molecule has 0 aliphatic heterocycles. The van der Waals surface area contributed by atoms with E-state index in [1.807, 2.05) is 6.92 Å². The summed E-state index contributed by atoms with van der Waals surface area (Å²) in [6, 6.07) is 25.7. The number of aryl methyl sites for hydroxylation is 2. The van der Waals surface area contributed by atoms with Crippen molar-refractivity contribution in [2.45, 2.75) is 39.5 Å². The molecule has 2 heteroatoms. The van der Waals surface area contributed by atoms with Gasteiger partial charge in [0.25, 0.3) is 0 Å². The fraction of sp³-hybridized carbons (Fsp3) is 0.308. The maximum atomic E-state index is 5.74. The van der Waals surface area contributed by atoms with Crippen molar-refractivity contribution in [1.82, 2.24) is 0 Å². The maximum Gasteiger partial charge on any atom is 0.119 e. The van der Waals surface area contributed by atoms with Crippen LogP contribution in [0, 0.1) is 0 Å². The van der Waals surface area contributed by atoms with Crippen molar-refractivity contribution in [3.05, 3.63) is 83.9 Å². The Morgan fingerprint density at radius 3 is 1.57 bits per heavy atom. The molecule has 0 amide bonds. The second-order valence-corrected chi connectivity index (χ2v) is 7.00. The lowest BCUT2D eigenvalue weighted by molar-refractivity contribution is 0.309. The predicted octanol–water partition coefficient (Wildman–Crippen LogP) is 6.72. The molecular weight excluding hydrogens is 344 g/mol. The smallest absolute Gasteiger partial charge is 0.119 e. The fourth-order valence-electron chi connectivity index (χ4n) is 3.15. The zero-order chi connectivity index (χ0) is 19.6. The molecule has 0 radical (unpaired) electrons. The van der Waals surface area contributed by atoms with Crippen LogP contribution in [0.5, 0.6) is 11.5 Å². The van der Waals surface area contributed by atoms with Gasteiger partial charge in [-0.1, -0.05) is 61.9 Å². The summed E-state index contributed by atoms with van der Waals surface area (Å²) in [7, 11) is 0. The van der Waals surface area contributed by atoms with E-state index in [1.54, 1.807) is 0 Å². The minimum atomic E-state index is 0.709. The molecule has 0 fully saturated rings. The Kier molecular flexibility index (Phi) is 7.54. The standard InChI is InChI=1S/C26H30O2/c1-3-5-20-28-26-18-14-24(15-19-26)23-12-8-21(9-13-23)6-7-22-10-16-25(17-11-22)27-4-2/h8-19H,3-7,20H2,1-2H3. The zero-order valence-corrected chi connectivity index (χ0v) is 17.0. The molecule has 3 aromatic carbocycles. The average molecular weight is 375 g/mol. The van der Waals surface area contributed by atoms with Gasteiger partial charge >= 0.3 is 0 Å². The molecule has 0 aliphatic carbocycles. The Bertz CT molecular complexity index is 818. The summed E-state index contributed by atoms with van der Waals surface area (Å²) in [5.41, 5.74) is 5.16. The Morgan fingerprint density at radius 2 is 1.04 bits per heavy atom. The highest BCUT2D eigenvalue weighted by molar-refractivity contribution is 5.64. The summed E-state index contributed by atoms with van der Waals surface area (Å²) in [5, 5.41) is 0. The molecule has 3 rings (SSSR count).